The molecule has 0 atom stereocenters. The zero-order valence-corrected chi connectivity index (χ0v) is 17.2. The number of esters is 1. The highest BCUT2D eigenvalue weighted by molar-refractivity contribution is 5.92. The molecule has 0 saturated heterocycles. The molecule has 0 amide bonds. The molecule has 4 rings (SSSR count). The first-order valence-corrected chi connectivity index (χ1v) is 10.5. The lowest BCUT2D eigenvalue weighted by atomic mass is 9.78. The molecular weight excluding hydrogens is 401 g/mol. The van der Waals surface area contributed by atoms with Crippen molar-refractivity contribution in [3.8, 4) is 5.75 Å². The molecule has 3 aromatic carbocycles. The number of carbonyl (C=O) groups is 1. The Hall–Kier alpha value is -3.08. The number of rotatable bonds is 4. The van der Waals surface area contributed by atoms with Gasteiger partial charge in [0.1, 0.15) is 11.6 Å². The number of hydrogen-bond acceptors (Lipinski definition) is 2. The van der Waals surface area contributed by atoms with Crippen molar-refractivity contribution in [1.82, 2.24) is 0 Å². The molecule has 0 aliphatic heterocycles. The van der Waals surface area contributed by atoms with E-state index in [-0.39, 0.29) is 22.6 Å². The smallest absolute Gasteiger partial charge is 0.346 e. The van der Waals surface area contributed by atoms with Crippen LogP contribution in [-0.4, -0.2) is 5.97 Å². The fourth-order valence-electron chi connectivity index (χ4n) is 4.34. The van der Waals surface area contributed by atoms with Gasteiger partial charge in [0.25, 0.3) is 0 Å². The molecule has 1 aliphatic rings. The molecule has 160 valence electrons. The molecule has 1 aliphatic carbocycles. The summed E-state index contributed by atoms with van der Waals surface area (Å²) < 4.78 is 47.2. The number of fused-ring (bicyclic) bond motifs is 1. The normalized spacial score (nSPS) is 19.1. The van der Waals surface area contributed by atoms with E-state index in [1.165, 1.54) is 36.4 Å². The molecule has 1 saturated carbocycles. The molecule has 3 aromatic rings. The van der Waals surface area contributed by atoms with E-state index in [0.717, 1.165) is 37.3 Å². The van der Waals surface area contributed by atoms with E-state index in [1.807, 2.05) is 6.92 Å². The molecule has 0 heterocycles. The third kappa shape index (κ3) is 4.50. The number of hydrogen-bond donors (Lipinski definition) is 0. The molecule has 0 aromatic heterocycles. The average molecular weight is 424 g/mol. The van der Waals surface area contributed by atoms with Gasteiger partial charge in [-0.3, -0.25) is 0 Å². The van der Waals surface area contributed by atoms with Gasteiger partial charge in [-0.1, -0.05) is 24.3 Å². The second-order valence-corrected chi connectivity index (χ2v) is 8.01. The van der Waals surface area contributed by atoms with Crippen LogP contribution in [-0.2, 0) is 0 Å². The second-order valence-electron chi connectivity index (χ2n) is 8.01. The van der Waals surface area contributed by atoms with Crippen LogP contribution in [0, 0.1) is 23.4 Å². The average Bonchev–Trinajstić information content (AvgIpc) is 2.77. The molecule has 0 N–H and O–H groups in total. The van der Waals surface area contributed by atoms with E-state index < -0.39 is 23.4 Å². The highest BCUT2D eigenvalue weighted by Crippen LogP contribution is 2.37. The third-order valence-corrected chi connectivity index (χ3v) is 6.01. The zero-order chi connectivity index (χ0) is 22.0. The molecule has 1 fully saturated rings. The number of benzene rings is 3. The van der Waals surface area contributed by atoms with Crippen molar-refractivity contribution in [2.45, 2.75) is 38.5 Å². The van der Waals surface area contributed by atoms with E-state index in [4.69, 9.17) is 4.74 Å². The number of ether oxygens (including phenoxy) is 1. The first-order chi connectivity index (χ1) is 15.0. The summed E-state index contributed by atoms with van der Waals surface area (Å²) in [5.74, 6) is -2.35. The Morgan fingerprint density at radius 2 is 1.71 bits per heavy atom. The van der Waals surface area contributed by atoms with Crippen molar-refractivity contribution in [1.29, 1.82) is 0 Å². The number of allylic oxidation sites excluding steroid dienone is 2. The molecule has 0 radical (unpaired) electrons. The lowest BCUT2D eigenvalue weighted by molar-refractivity contribution is 0.0730. The van der Waals surface area contributed by atoms with Crippen molar-refractivity contribution in [2.75, 3.05) is 0 Å². The minimum atomic E-state index is -0.961. The highest BCUT2D eigenvalue weighted by atomic mass is 19.2. The number of halogens is 3. The summed E-state index contributed by atoms with van der Waals surface area (Å²) in [6.45, 7) is 2.02. The summed E-state index contributed by atoms with van der Waals surface area (Å²) in [6, 6.07) is 11.2. The zero-order valence-electron chi connectivity index (χ0n) is 17.2. The summed E-state index contributed by atoms with van der Waals surface area (Å²) >= 11 is 0. The Morgan fingerprint density at radius 3 is 2.42 bits per heavy atom. The molecule has 5 heteroatoms. The Morgan fingerprint density at radius 1 is 0.935 bits per heavy atom. The molecule has 0 bridgehead atoms. The fraction of sp³-hybridized carbons (Fsp3) is 0.269. The first kappa shape index (κ1) is 21.2. The quantitative estimate of drug-likeness (QED) is 0.249. The maximum atomic E-state index is 14.7. The molecule has 2 nitrogen and oxygen atoms in total. The maximum absolute atomic E-state index is 14.7. The Bertz CT molecular complexity index is 1140. The van der Waals surface area contributed by atoms with Crippen LogP contribution in [0.2, 0.25) is 0 Å². The number of carbonyl (C=O) groups excluding carboxylic acids is 1. The van der Waals surface area contributed by atoms with Gasteiger partial charge in [0, 0.05) is 5.39 Å². The van der Waals surface area contributed by atoms with Crippen LogP contribution in [0.15, 0.2) is 60.7 Å². The first-order valence-electron chi connectivity index (χ1n) is 10.5. The largest absolute Gasteiger partial charge is 0.423 e. The minimum Gasteiger partial charge on any atom is -0.423 e. The van der Waals surface area contributed by atoms with Crippen LogP contribution >= 0.6 is 0 Å². The summed E-state index contributed by atoms with van der Waals surface area (Å²) in [5, 5.41) is 0.466. The maximum Gasteiger partial charge on any atom is 0.346 e. The third-order valence-electron chi connectivity index (χ3n) is 6.01. The molecular formula is C26H23F3O2. The van der Waals surface area contributed by atoms with Crippen molar-refractivity contribution < 1.29 is 22.7 Å². The van der Waals surface area contributed by atoms with E-state index in [9.17, 15) is 18.0 Å². The second kappa shape index (κ2) is 8.96. The van der Waals surface area contributed by atoms with Crippen molar-refractivity contribution in [3.63, 3.8) is 0 Å². The Kier molecular flexibility index (Phi) is 6.12. The Balaban J connectivity index is 1.48. The lowest BCUT2D eigenvalue weighted by Crippen LogP contribution is -2.14. The van der Waals surface area contributed by atoms with Crippen LogP contribution in [0.4, 0.5) is 13.2 Å². The van der Waals surface area contributed by atoms with E-state index in [1.54, 1.807) is 6.07 Å². The predicted octanol–water partition coefficient (Wildman–Crippen LogP) is 7.33. The monoisotopic (exact) mass is 424 g/mol. The standard InChI is InChI=1S/C26H23F3O2/c1-2-3-16-4-6-17(7-5-16)18-8-11-22(24(28)15-18)26(30)31-20-10-12-21-19(14-20)9-13-23(27)25(21)29/h2-3,8-17H,4-7H2,1H3/b3-2+. The van der Waals surface area contributed by atoms with Gasteiger partial charge in [0.15, 0.2) is 11.6 Å². The minimum absolute atomic E-state index is 0.0829. The molecule has 31 heavy (non-hydrogen) atoms. The van der Waals surface area contributed by atoms with Gasteiger partial charge in [-0.05, 0) is 91.8 Å². The van der Waals surface area contributed by atoms with Crippen LogP contribution in [0.5, 0.6) is 5.75 Å². The van der Waals surface area contributed by atoms with Gasteiger partial charge in [-0.2, -0.15) is 0 Å². The summed E-state index contributed by atoms with van der Waals surface area (Å²) in [6.07, 6.45) is 8.45. The van der Waals surface area contributed by atoms with E-state index in [2.05, 4.69) is 12.2 Å². The summed E-state index contributed by atoms with van der Waals surface area (Å²) in [4.78, 5) is 12.5. The van der Waals surface area contributed by atoms with Crippen molar-refractivity contribution in [2.24, 2.45) is 5.92 Å². The van der Waals surface area contributed by atoms with E-state index in [0.29, 0.717) is 11.3 Å². The topological polar surface area (TPSA) is 26.3 Å². The van der Waals surface area contributed by atoms with Crippen molar-refractivity contribution in [3.05, 3.63) is 89.3 Å². The molecule has 0 unspecified atom stereocenters. The predicted molar refractivity (Wildman–Crippen MR) is 115 cm³/mol. The van der Waals surface area contributed by atoms with Gasteiger partial charge in [-0.25, -0.2) is 18.0 Å². The lowest BCUT2D eigenvalue weighted by Gasteiger charge is -2.27. The fourth-order valence-corrected chi connectivity index (χ4v) is 4.34. The van der Waals surface area contributed by atoms with Gasteiger partial charge in [0.05, 0.1) is 5.56 Å². The SMILES string of the molecule is C/C=C/C1CCC(c2ccc(C(=O)Oc3ccc4c(F)c(F)ccc4c3)c(F)c2)CC1. The molecule has 0 spiro atoms. The van der Waals surface area contributed by atoms with Gasteiger partial charge < -0.3 is 4.74 Å². The highest BCUT2D eigenvalue weighted by Gasteiger charge is 2.23. The van der Waals surface area contributed by atoms with Gasteiger partial charge >= 0.3 is 5.97 Å². The summed E-state index contributed by atoms with van der Waals surface area (Å²) in [7, 11) is 0. The van der Waals surface area contributed by atoms with Gasteiger partial charge in [-0.15, -0.1) is 0 Å². The van der Waals surface area contributed by atoms with E-state index >= 15 is 0 Å². The van der Waals surface area contributed by atoms with Gasteiger partial charge in [0.2, 0.25) is 0 Å². The Labute approximate surface area is 179 Å². The van der Waals surface area contributed by atoms with Crippen LogP contribution in [0.25, 0.3) is 10.8 Å². The van der Waals surface area contributed by atoms with Crippen molar-refractivity contribution >= 4 is 16.7 Å². The van der Waals surface area contributed by atoms with Crippen LogP contribution in [0.3, 0.4) is 0 Å². The van der Waals surface area contributed by atoms with Crippen LogP contribution < -0.4 is 4.74 Å². The summed E-state index contributed by atoms with van der Waals surface area (Å²) in [5.41, 5.74) is 0.743. The van der Waals surface area contributed by atoms with Crippen LogP contribution in [0.1, 0.15) is 54.4 Å².